The van der Waals surface area contributed by atoms with Crippen LogP contribution in [0.15, 0.2) is 47.4 Å². The van der Waals surface area contributed by atoms with Crippen molar-refractivity contribution in [2.45, 2.75) is 43.7 Å². The quantitative estimate of drug-likeness (QED) is 0.671. The lowest BCUT2D eigenvalue weighted by atomic mass is 10.1. The fraction of sp³-hybridized carbons (Fsp3) is 0.300. The minimum absolute atomic E-state index is 0.00693. The normalized spacial score (nSPS) is 14.7. The van der Waals surface area contributed by atoms with Gasteiger partial charge in [-0.3, -0.25) is 9.52 Å². The molecule has 0 radical (unpaired) electrons. The average Bonchev–Trinajstić information content (AvgIpc) is 3.47. The number of carbonyl (C=O) groups excluding carboxylic acids is 2. The highest BCUT2D eigenvalue weighted by molar-refractivity contribution is 7.92. The minimum atomic E-state index is -4.14. The van der Waals surface area contributed by atoms with Gasteiger partial charge in [0.1, 0.15) is 5.82 Å². The number of rotatable bonds is 7. The Kier molecular flexibility index (Phi) is 5.88. The lowest BCUT2D eigenvalue weighted by molar-refractivity contribution is -0.129. The van der Waals surface area contributed by atoms with E-state index in [0.717, 1.165) is 25.0 Å². The zero-order chi connectivity index (χ0) is 21.2. The third-order valence-electron chi connectivity index (χ3n) is 4.43. The molecule has 2 aromatic rings. The summed E-state index contributed by atoms with van der Waals surface area (Å²) in [5.41, 5.74) is 0.282. The van der Waals surface area contributed by atoms with E-state index < -0.39 is 33.8 Å². The summed E-state index contributed by atoms with van der Waals surface area (Å²) >= 11 is 0. The highest BCUT2D eigenvalue weighted by Crippen LogP contribution is 2.22. The lowest BCUT2D eigenvalue weighted by Gasteiger charge is -2.15. The van der Waals surface area contributed by atoms with Crippen LogP contribution in [0, 0.1) is 12.7 Å². The number of benzene rings is 2. The molecule has 1 amide bonds. The minimum Gasteiger partial charge on any atom is -0.449 e. The van der Waals surface area contributed by atoms with Gasteiger partial charge in [-0.1, -0.05) is 18.2 Å². The summed E-state index contributed by atoms with van der Waals surface area (Å²) in [4.78, 5) is 24.2. The molecule has 0 aliphatic heterocycles. The van der Waals surface area contributed by atoms with Gasteiger partial charge < -0.3 is 10.1 Å². The van der Waals surface area contributed by atoms with Crippen LogP contribution < -0.4 is 10.0 Å². The molecule has 9 heteroatoms. The van der Waals surface area contributed by atoms with Gasteiger partial charge in [0.05, 0.1) is 16.1 Å². The standard InChI is InChI=1S/C20H21FN2O5S/c1-12-7-10-15(29(26,27)23-18-6-4-3-5-17(18)21)11-16(12)20(25)28-13(2)19(24)22-14-8-9-14/h3-7,10-11,13-14,23H,8-9H2,1-2H3,(H,22,24)/t13-/m0/s1. The van der Waals surface area contributed by atoms with E-state index in [1.54, 1.807) is 6.92 Å². The maximum Gasteiger partial charge on any atom is 0.339 e. The van der Waals surface area contributed by atoms with E-state index in [1.807, 2.05) is 0 Å². The first kappa shape index (κ1) is 20.8. The van der Waals surface area contributed by atoms with Gasteiger partial charge in [0, 0.05) is 6.04 Å². The maximum absolute atomic E-state index is 13.8. The Morgan fingerprint density at radius 1 is 1.17 bits per heavy atom. The molecular formula is C20H21FN2O5S. The first-order valence-corrected chi connectivity index (χ1v) is 10.5. The van der Waals surface area contributed by atoms with Gasteiger partial charge in [-0.2, -0.15) is 0 Å². The van der Waals surface area contributed by atoms with Gasteiger partial charge in [0.25, 0.3) is 15.9 Å². The van der Waals surface area contributed by atoms with Gasteiger partial charge in [-0.05, 0) is 56.5 Å². The molecule has 2 aromatic carbocycles. The summed E-state index contributed by atoms with van der Waals surface area (Å²) < 4.78 is 46.3. The van der Waals surface area contributed by atoms with Crippen molar-refractivity contribution in [3.05, 3.63) is 59.4 Å². The number of anilines is 1. The molecule has 1 aliphatic carbocycles. The van der Waals surface area contributed by atoms with E-state index in [2.05, 4.69) is 10.0 Å². The summed E-state index contributed by atoms with van der Waals surface area (Å²) in [7, 11) is -4.14. The molecule has 1 fully saturated rings. The number of nitrogens with one attached hydrogen (secondary N) is 2. The van der Waals surface area contributed by atoms with Crippen LogP contribution in [0.2, 0.25) is 0 Å². The summed E-state index contributed by atoms with van der Waals surface area (Å²) in [5.74, 6) is -1.94. The number of amides is 1. The Balaban J connectivity index is 1.78. The molecule has 29 heavy (non-hydrogen) atoms. The van der Waals surface area contributed by atoms with Crippen molar-refractivity contribution >= 4 is 27.6 Å². The number of halogens is 1. The molecule has 7 nitrogen and oxygen atoms in total. The highest BCUT2D eigenvalue weighted by Gasteiger charge is 2.28. The number of sulfonamides is 1. The molecule has 0 spiro atoms. The topological polar surface area (TPSA) is 102 Å². The Labute approximate surface area is 168 Å². The second-order valence-corrected chi connectivity index (χ2v) is 8.57. The molecule has 1 aliphatic rings. The lowest BCUT2D eigenvalue weighted by Crippen LogP contribution is -2.37. The van der Waals surface area contributed by atoms with Crippen LogP contribution in [0.4, 0.5) is 10.1 Å². The fourth-order valence-electron chi connectivity index (χ4n) is 2.56. The van der Waals surface area contributed by atoms with Crippen LogP contribution in [-0.2, 0) is 19.6 Å². The Morgan fingerprint density at radius 3 is 2.52 bits per heavy atom. The predicted molar refractivity (Wildman–Crippen MR) is 104 cm³/mol. The molecule has 154 valence electrons. The van der Waals surface area contributed by atoms with Gasteiger partial charge in [0.2, 0.25) is 0 Å². The van der Waals surface area contributed by atoms with Gasteiger partial charge in [0.15, 0.2) is 6.10 Å². The number of aryl methyl sites for hydroxylation is 1. The SMILES string of the molecule is Cc1ccc(S(=O)(=O)Nc2ccccc2F)cc1C(=O)O[C@@H](C)C(=O)NC1CC1. The van der Waals surface area contributed by atoms with Crippen molar-refractivity contribution in [1.29, 1.82) is 0 Å². The van der Waals surface area contributed by atoms with Crippen LogP contribution >= 0.6 is 0 Å². The van der Waals surface area contributed by atoms with Crippen LogP contribution in [-0.4, -0.2) is 32.4 Å². The van der Waals surface area contributed by atoms with Crippen molar-refractivity contribution in [3.8, 4) is 0 Å². The second kappa shape index (κ2) is 8.20. The first-order valence-electron chi connectivity index (χ1n) is 9.07. The van der Waals surface area contributed by atoms with E-state index in [-0.39, 0.29) is 22.2 Å². The molecule has 2 N–H and O–H groups in total. The average molecular weight is 420 g/mol. The summed E-state index contributed by atoms with van der Waals surface area (Å²) in [6.07, 6.45) is 0.792. The van der Waals surface area contributed by atoms with E-state index in [4.69, 9.17) is 4.74 Å². The Hall–Kier alpha value is -2.94. The highest BCUT2D eigenvalue weighted by atomic mass is 32.2. The maximum atomic E-state index is 13.8. The van der Waals surface area contributed by atoms with Crippen molar-refractivity contribution in [1.82, 2.24) is 5.32 Å². The van der Waals surface area contributed by atoms with Crippen LogP contribution in [0.25, 0.3) is 0 Å². The molecule has 0 heterocycles. The predicted octanol–water partition coefficient (Wildman–Crippen LogP) is 2.76. The van der Waals surface area contributed by atoms with Crippen LogP contribution in [0.1, 0.15) is 35.7 Å². The monoisotopic (exact) mass is 420 g/mol. The van der Waals surface area contributed by atoms with Crippen molar-refractivity contribution < 1.29 is 27.1 Å². The van der Waals surface area contributed by atoms with Crippen LogP contribution in [0.5, 0.6) is 0 Å². The molecule has 1 atom stereocenters. The summed E-state index contributed by atoms with van der Waals surface area (Å²) in [5, 5.41) is 2.74. The molecule has 0 bridgehead atoms. The summed E-state index contributed by atoms with van der Waals surface area (Å²) in [6.45, 7) is 3.07. The number of hydrogen-bond donors (Lipinski definition) is 2. The van der Waals surface area contributed by atoms with Gasteiger partial charge in [-0.15, -0.1) is 0 Å². The zero-order valence-electron chi connectivity index (χ0n) is 15.9. The van der Waals surface area contributed by atoms with Crippen molar-refractivity contribution in [3.63, 3.8) is 0 Å². The largest absolute Gasteiger partial charge is 0.449 e. The molecule has 0 saturated heterocycles. The number of ether oxygens (including phenoxy) is 1. The summed E-state index contributed by atoms with van der Waals surface area (Å²) in [6, 6.07) is 9.37. The van der Waals surface area contributed by atoms with E-state index in [0.29, 0.717) is 5.56 Å². The van der Waals surface area contributed by atoms with Crippen molar-refractivity contribution in [2.75, 3.05) is 4.72 Å². The van der Waals surface area contributed by atoms with Crippen molar-refractivity contribution in [2.24, 2.45) is 0 Å². The molecule has 1 saturated carbocycles. The number of esters is 1. The van der Waals surface area contributed by atoms with Gasteiger partial charge in [-0.25, -0.2) is 17.6 Å². The number of hydrogen-bond acceptors (Lipinski definition) is 5. The Bertz CT molecular complexity index is 1050. The third-order valence-corrected chi connectivity index (χ3v) is 5.80. The van der Waals surface area contributed by atoms with Gasteiger partial charge >= 0.3 is 5.97 Å². The second-order valence-electron chi connectivity index (χ2n) is 6.89. The smallest absolute Gasteiger partial charge is 0.339 e. The van der Waals surface area contributed by atoms with E-state index in [1.165, 1.54) is 37.3 Å². The van der Waals surface area contributed by atoms with E-state index in [9.17, 15) is 22.4 Å². The number of para-hydroxylation sites is 1. The fourth-order valence-corrected chi connectivity index (χ4v) is 3.65. The van der Waals surface area contributed by atoms with E-state index >= 15 is 0 Å². The molecule has 3 rings (SSSR count). The molecule has 0 unspecified atom stereocenters. The van der Waals surface area contributed by atoms with Crippen LogP contribution in [0.3, 0.4) is 0 Å². The first-order chi connectivity index (χ1) is 13.7. The third kappa shape index (κ3) is 5.11. The zero-order valence-corrected chi connectivity index (χ0v) is 16.8. The Morgan fingerprint density at radius 2 is 1.86 bits per heavy atom. The number of carbonyl (C=O) groups is 2. The molecular weight excluding hydrogens is 399 g/mol. The molecule has 0 aromatic heterocycles.